The van der Waals surface area contributed by atoms with Gasteiger partial charge in [-0.15, -0.1) is 0 Å². The van der Waals surface area contributed by atoms with Crippen molar-refractivity contribution >= 4 is 11.1 Å². The number of aromatic nitrogens is 3. The fourth-order valence-electron chi connectivity index (χ4n) is 4.47. The lowest BCUT2D eigenvalue weighted by atomic mass is 10.1. The Morgan fingerprint density at radius 2 is 1.11 bits per heavy atom. The lowest BCUT2D eigenvalue weighted by Crippen LogP contribution is -2.30. The minimum Gasteiger partial charge on any atom is -0.226 e. The van der Waals surface area contributed by atoms with Gasteiger partial charge in [-0.1, -0.05) is 18.2 Å². The van der Waals surface area contributed by atoms with Crippen molar-refractivity contribution in [2.45, 2.75) is 13.1 Å². The lowest BCUT2D eigenvalue weighted by Gasteiger charge is -2.10. The Hall–Kier alpha value is -6.23. The third-order valence-corrected chi connectivity index (χ3v) is 6.61. The van der Waals surface area contributed by atoms with Gasteiger partial charge in [0.2, 0.25) is 5.82 Å². The maximum Gasteiger partial charge on any atom is 0.418 e. The highest BCUT2D eigenvalue weighted by Crippen LogP contribution is 2.32. The summed E-state index contributed by atoms with van der Waals surface area (Å²) in [7, 11) is 0. The zero-order chi connectivity index (χ0) is 33.1. The summed E-state index contributed by atoms with van der Waals surface area (Å²) < 4.78 is 113. The number of hydrogen-bond acceptors (Lipinski definition) is 9. The summed E-state index contributed by atoms with van der Waals surface area (Å²) in [5, 5.41) is 19.7. The topological polar surface area (TPSA) is 136 Å². The predicted molar refractivity (Wildman–Crippen MR) is 137 cm³/mol. The standard InChI is InChI=1S/C29H9F8N9/c1-10-4-2-6-14-22(10)42-24(40-14)11(8-38)26-44-27(46-28(45-26)16-17(30)19(32)21(34)20(33)18(16)31)12(9-39)25-41-15-7-3-5-13(23(15)43-25)29(35,36)37/h2-7H,1H3/b24-11+,25-12+. The van der Waals surface area contributed by atoms with Gasteiger partial charge in [0.15, 0.2) is 52.4 Å². The summed E-state index contributed by atoms with van der Waals surface area (Å²) in [5.41, 5.74) is -3.57. The van der Waals surface area contributed by atoms with Crippen LogP contribution in [0, 0.1) is 58.7 Å². The van der Waals surface area contributed by atoms with Crippen LogP contribution in [-0.2, 0) is 6.18 Å². The highest BCUT2D eigenvalue weighted by molar-refractivity contribution is 5.80. The molecule has 1 aromatic heterocycles. The Balaban J connectivity index is 1.68. The van der Waals surface area contributed by atoms with Crippen LogP contribution in [0.5, 0.6) is 0 Å². The molecule has 0 amide bonds. The van der Waals surface area contributed by atoms with E-state index < -0.39 is 86.2 Å². The molecular formula is C29H9F8N9. The van der Waals surface area contributed by atoms with E-state index in [0.717, 1.165) is 18.2 Å². The zero-order valence-corrected chi connectivity index (χ0v) is 22.5. The zero-order valence-electron chi connectivity index (χ0n) is 22.5. The number of para-hydroxylation sites is 2. The number of nitrogens with zero attached hydrogens (tertiary/aromatic N) is 9. The average molecular weight is 635 g/mol. The van der Waals surface area contributed by atoms with E-state index in [0.29, 0.717) is 16.3 Å². The number of rotatable bonds is 3. The number of benzene rings is 3. The predicted octanol–water partition coefficient (Wildman–Crippen LogP) is 3.85. The molecule has 0 unspecified atom stereocenters. The second-order valence-corrected chi connectivity index (χ2v) is 9.43. The highest BCUT2D eigenvalue weighted by atomic mass is 19.4. The van der Waals surface area contributed by atoms with Gasteiger partial charge in [-0.25, -0.2) is 56.9 Å². The molecule has 3 heterocycles. The van der Waals surface area contributed by atoms with Crippen molar-refractivity contribution in [2.24, 2.45) is 20.0 Å². The van der Waals surface area contributed by atoms with Crippen molar-refractivity contribution in [1.29, 1.82) is 10.5 Å². The fraction of sp³-hybridized carbons (Fsp3) is 0.0690. The smallest absolute Gasteiger partial charge is 0.226 e. The number of fused-ring (bicyclic) bond motifs is 2. The van der Waals surface area contributed by atoms with Crippen molar-refractivity contribution < 1.29 is 35.1 Å². The van der Waals surface area contributed by atoms with Gasteiger partial charge in [-0.3, -0.25) is 0 Å². The molecule has 0 fully saturated rings. The number of nitriles is 2. The molecule has 0 saturated heterocycles. The first-order valence-corrected chi connectivity index (χ1v) is 12.6. The van der Waals surface area contributed by atoms with E-state index in [1.165, 1.54) is 0 Å². The number of halogens is 8. The molecule has 0 radical (unpaired) electrons. The van der Waals surface area contributed by atoms with Crippen molar-refractivity contribution in [3.8, 4) is 23.5 Å². The quantitative estimate of drug-likeness (QED) is 0.146. The van der Waals surface area contributed by atoms with Gasteiger partial charge in [0, 0.05) is 0 Å². The lowest BCUT2D eigenvalue weighted by molar-refractivity contribution is -0.138. The van der Waals surface area contributed by atoms with Crippen LogP contribution in [0.15, 0.2) is 68.0 Å². The van der Waals surface area contributed by atoms with E-state index in [4.69, 9.17) is 0 Å². The molecule has 0 spiro atoms. The van der Waals surface area contributed by atoms with E-state index in [2.05, 4.69) is 34.9 Å². The van der Waals surface area contributed by atoms with E-state index in [-0.39, 0.29) is 11.2 Å². The Bertz CT molecular complexity index is 2430. The van der Waals surface area contributed by atoms with Crippen LogP contribution in [0.3, 0.4) is 0 Å². The molecule has 0 bridgehead atoms. The first kappa shape index (κ1) is 29.8. The van der Waals surface area contributed by atoms with Crippen LogP contribution in [0.1, 0.15) is 22.8 Å². The molecule has 2 aliphatic heterocycles. The van der Waals surface area contributed by atoms with Gasteiger partial charge in [0.25, 0.3) is 0 Å². The third kappa shape index (κ3) is 4.74. The normalized spacial score (nSPS) is 15.4. The Morgan fingerprint density at radius 1 is 0.630 bits per heavy atom. The SMILES string of the molecule is Cc1cccc2c1=N/C(=C(\C#N)c1nc(/C(C#N)=C3\N=c4cccc(C(F)(F)F)c4=N3)nc(-c3c(F)c(F)c(F)c(F)c3F)n1)N=2. The highest BCUT2D eigenvalue weighted by Gasteiger charge is 2.34. The van der Waals surface area contributed by atoms with Crippen molar-refractivity contribution in [1.82, 2.24) is 15.0 Å². The first-order valence-electron chi connectivity index (χ1n) is 12.6. The van der Waals surface area contributed by atoms with Crippen LogP contribution in [0.2, 0.25) is 0 Å². The molecule has 46 heavy (non-hydrogen) atoms. The monoisotopic (exact) mass is 635 g/mol. The number of hydrogen-bond donors (Lipinski definition) is 0. The fourth-order valence-corrected chi connectivity index (χ4v) is 4.47. The average Bonchev–Trinajstić information content (AvgIpc) is 3.65. The summed E-state index contributed by atoms with van der Waals surface area (Å²) in [6.45, 7) is 1.69. The summed E-state index contributed by atoms with van der Waals surface area (Å²) in [4.78, 5) is 27.6. The molecule has 9 nitrogen and oxygen atoms in total. The van der Waals surface area contributed by atoms with Gasteiger partial charge in [-0.2, -0.15) is 23.7 Å². The largest absolute Gasteiger partial charge is 0.418 e. The summed E-state index contributed by atoms with van der Waals surface area (Å²) in [5.74, 6) is -15.8. The molecule has 4 aromatic rings. The van der Waals surface area contributed by atoms with Gasteiger partial charge in [0.05, 0.1) is 27.2 Å². The molecule has 226 valence electrons. The number of aryl methyl sites for hydroxylation is 1. The minimum absolute atomic E-state index is 0.302. The summed E-state index contributed by atoms with van der Waals surface area (Å²) >= 11 is 0. The van der Waals surface area contributed by atoms with E-state index in [1.54, 1.807) is 37.3 Å². The second kappa shape index (κ2) is 10.7. The number of alkyl halides is 3. The molecule has 17 heteroatoms. The van der Waals surface area contributed by atoms with Crippen molar-refractivity contribution in [2.75, 3.05) is 0 Å². The summed E-state index contributed by atoms with van der Waals surface area (Å²) in [6.07, 6.45) is -4.87. The van der Waals surface area contributed by atoms with Crippen LogP contribution < -0.4 is 21.4 Å². The molecule has 0 aliphatic carbocycles. The van der Waals surface area contributed by atoms with Gasteiger partial charge < -0.3 is 0 Å². The Kier molecular flexibility index (Phi) is 6.96. The van der Waals surface area contributed by atoms with E-state index in [1.807, 2.05) is 0 Å². The van der Waals surface area contributed by atoms with E-state index >= 15 is 0 Å². The minimum atomic E-state index is -4.87. The first-order chi connectivity index (χ1) is 21.8. The molecule has 2 aliphatic rings. The van der Waals surface area contributed by atoms with E-state index in [9.17, 15) is 45.6 Å². The maximum absolute atomic E-state index is 14.9. The van der Waals surface area contributed by atoms with Crippen molar-refractivity contribution in [3.05, 3.63) is 121 Å². The van der Waals surface area contributed by atoms with Crippen LogP contribution in [0.4, 0.5) is 35.1 Å². The van der Waals surface area contributed by atoms with Gasteiger partial charge in [0.1, 0.15) is 28.6 Å². The molecule has 0 N–H and O–H groups in total. The number of allylic oxidation sites excluding steroid dienone is 2. The summed E-state index contributed by atoms with van der Waals surface area (Å²) in [6, 6.07) is 11.1. The molecule has 0 atom stereocenters. The molecular weight excluding hydrogens is 626 g/mol. The molecule has 3 aromatic carbocycles. The Labute approximate surface area is 249 Å². The van der Waals surface area contributed by atoms with Crippen molar-refractivity contribution in [3.63, 3.8) is 0 Å². The molecule has 0 saturated carbocycles. The van der Waals surface area contributed by atoms with Crippen LogP contribution in [-0.4, -0.2) is 15.0 Å². The molecule has 6 rings (SSSR count). The second-order valence-electron chi connectivity index (χ2n) is 9.43. The van der Waals surface area contributed by atoms with Gasteiger partial charge >= 0.3 is 6.18 Å². The maximum atomic E-state index is 14.9. The van der Waals surface area contributed by atoms with Crippen LogP contribution >= 0.6 is 0 Å². The van der Waals surface area contributed by atoms with Gasteiger partial charge in [-0.05, 0) is 30.7 Å². The third-order valence-electron chi connectivity index (χ3n) is 6.61. The Morgan fingerprint density at radius 3 is 1.61 bits per heavy atom. The van der Waals surface area contributed by atoms with Crippen LogP contribution in [0.25, 0.3) is 22.5 Å².